The minimum absolute atomic E-state index is 0.273. The summed E-state index contributed by atoms with van der Waals surface area (Å²) in [6.07, 6.45) is 1.70. The lowest BCUT2D eigenvalue weighted by Crippen LogP contribution is -2.40. The molecule has 1 rings (SSSR count). The summed E-state index contributed by atoms with van der Waals surface area (Å²) in [4.78, 5) is 0. The molecular formula is C6H14BNO2. The lowest BCUT2D eigenvalue weighted by Gasteiger charge is -2.32. The number of rotatable bonds is 1. The van der Waals surface area contributed by atoms with Crippen molar-refractivity contribution in [2.75, 3.05) is 13.1 Å². The predicted octanol–water partition coefficient (Wildman–Crippen LogP) is -0.397. The van der Waals surface area contributed by atoms with E-state index in [1.807, 2.05) is 6.92 Å². The molecule has 4 heteroatoms. The summed E-state index contributed by atoms with van der Waals surface area (Å²) in [5.74, 6) is 0. The summed E-state index contributed by atoms with van der Waals surface area (Å²) in [5, 5.41) is 20.8. The topological polar surface area (TPSA) is 52.5 Å². The van der Waals surface area contributed by atoms with Crippen molar-refractivity contribution >= 4 is 7.12 Å². The van der Waals surface area contributed by atoms with Gasteiger partial charge in [0.05, 0.1) is 0 Å². The van der Waals surface area contributed by atoms with E-state index in [2.05, 4.69) is 5.32 Å². The fourth-order valence-electron chi connectivity index (χ4n) is 1.26. The van der Waals surface area contributed by atoms with Gasteiger partial charge in [0.15, 0.2) is 0 Å². The lowest BCUT2D eigenvalue weighted by atomic mass is 9.55. The molecule has 0 aliphatic carbocycles. The largest absolute Gasteiger partial charge is 0.457 e. The highest BCUT2D eigenvalue weighted by Crippen LogP contribution is 2.36. The molecule has 1 fully saturated rings. The van der Waals surface area contributed by atoms with E-state index in [1.54, 1.807) is 0 Å². The van der Waals surface area contributed by atoms with Crippen molar-refractivity contribution in [2.45, 2.75) is 25.1 Å². The maximum absolute atomic E-state index is 8.96. The van der Waals surface area contributed by atoms with Crippen molar-refractivity contribution in [3.63, 3.8) is 0 Å². The minimum Gasteiger partial charge on any atom is -0.427 e. The smallest absolute Gasteiger partial charge is 0.427 e. The van der Waals surface area contributed by atoms with Crippen molar-refractivity contribution in [2.24, 2.45) is 0 Å². The van der Waals surface area contributed by atoms with Crippen LogP contribution in [0.2, 0.25) is 5.31 Å². The quantitative estimate of drug-likeness (QED) is 0.438. The van der Waals surface area contributed by atoms with Gasteiger partial charge in [-0.25, -0.2) is 0 Å². The second kappa shape index (κ2) is 2.90. The Hall–Kier alpha value is -0.0551. The molecule has 3 N–H and O–H groups in total. The van der Waals surface area contributed by atoms with Gasteiger partial charge in [0, 0.05) is 5.31 Å². The number of nitrogens with one attached hydrogen (secondary N) is 1. The Kier molecular flexibility index (Phi) is 2.34. The first kappa shape index (κ1) is 8.05. The maximum atomic E-state index is 8.96. The van der Waals surface area contributed by atoms with Crippen LogP contribution < -0.4 is 5.32 Å². The summed E-state index contributed by atoms with van der Waals surface area (Å²) >= 11 is 0. The molecule has 58 valence electrons. The van der Waals surface area contributed by atoms with Crippen LogP contribution in [0.25, 0.3) is 0 Å². The van der Waals surface area contributed by atoms with Crippen LogP contribution in [0.1, 0.15) is 19.8 Å². The second-order valence-electron chi connectivity index (χ2n) is 3.28. The first-order chi connectivity index (χ1) is 4.65. The summed E-state index contributed by atoms with van der Waals surface area (Å²) in [5.41, 5.74) is 0. The van der Waals surface area contributed by atoms with E-state index in [-0.39, 0.29) is 5.31 Å². The molecule has 0 saturated carbocycles. The zero-order valence-electron chi connectivity index (χ0n) is 6.30. The lowest BCUT2D eigenvalue weighted by molar-refractivity contribution is 0.297. The molecule has 0 atom stereocenters. The van der Waals surface area contributed by atoms with Crippen LogP contribution in [-0.4, -0.2) is 30.3 Å². The van der Waals surface area contributed by atoms with Crippen LogP contribution in [0.5, 0.6) is 0 Å². The molecule has 0 amide bonds. The standard InChI is InChI=1S/C6H14BNO2/c1-6(7(9)10)2-4-8-5-3-6/h8-10H,2-5H2,1H3. The van der Waals surface area contributed by atoms with Gasteiger partial charge in [0.2, 0.25) is 0 Å². The Morgan fingerprint density at radius 3 is 2.10 bits per heavy atom. The first-order valence-corrected chi connectivity index (χ1v) is 3.72. The molecule has 1 aliphatic rings. The van der Waals surface area contributed by atoms with Gasteiger partial charge in [-0.3, -0.25) is 0 Å². The molecule has 0 aromatic rings. The number of hydrogen-bond acceptors (Lipinski definition) is 3. The van der Waals surface area contributed by atoms with E-state index in [0.717, 1.165) is 25.9 Å². The predicted molar refractivity (Wildman–Crippen MR) is 40.7 cm³/mol. The Bertz CT molecular complexity index is 112. The Morgan fingerprint density at radius 1 is 1.30 bits per heavy atom. The fourth-order valence-corrected chi connectivity index (χ4v) is 1.26. The first-order valence-electron chi connectivity index (χ1n) is 3.72. The monoisotopic (exact) mass is 143 g/mol. The van der Waals surface area contributed by atoms with Gasteiger partial charge in [0.1, 0.15) is 0 Å². The molecule has 0 spiro atoms. The normalized spacial score (nSPS) is 24.3. The number of piperidine rings is 1. The third-order valence-corrected chi connectivity index (χ3v) is 2.37. The molecule has 3 nitrogen and oxygen atoms in total. The van der Waals surface area contributed by atoms with Crippen molar-refractivity contribution in [3.05, 3.63) is 0 Å². The molecule has 1 heterocycles. The van der Waals surface area contributed by atoms with Crippen LogP contribution in [-0.2, 0) is 0 Å². The zero-order chi connectivity index (χ0) is 7.61. The van der Waals surface area contributed by atoms with Gasteiger partial charge >= 0.3 is 7.12 Å². The highest BCUT2D eigenvalue weighted by Gasteiger charge is 2.37. The van der Waals surface area contributed by atoms with Gasteiger partial charge in [-0.2, -0.15) is 0 Å². The van der Waals surface area contributed by atoms with Gasteiger partial charge in [-0.1, -0.05) is 6.92 Å². The van der Waals surface area contributed by atoms with Crippen LogP contribution in [0.4, 0.5) is 0 Å². The molecule has 0 radical (unpaired) electrons. The van der Waals surface area contributed by atoms with Crippen molar-refractivity contribution < 1.29 is 10.0 Å². The van der Waals surface area contributed by atoms with Gasteiger partial charge in [0.25, 0.3) is 0 Å². The van der Waals surface area contributed by atoms with Crippen molar-refractivity contribution in [1.82, 2.24) is 5.32 Å². The summed E-state index contributed by atoms with van der Waals surface area (Å²) in [6.45, 7) is 3.71. The molecule has 0 aromatic heterocycles. The van der Waals surface area contributed by atoms with Crippen LogP contribution in [0, 0.1) is 0 Å². The van der Waals surface area contributed by atoms with Crippen LogP contribution >= 0.6 is 0 Å². The maximum Gasteiger partial charge on any atom is 0.457 e. The van der Waals surface area contributed by atoms with E-state index in [0.29, 0.717) is 0 Å². The van der Waals surface area contributed by atoms with E-state index in [9.17, 15) is 0 Å². The van der Waals surface area contributed by atoms with Crippen LogP contribution in [0.3, 0.4) is 0 Å². The number of hydrogen-bond donors (Lipinski definition) is 3. The average Bonchev–Trinajstić information content (AvgIpc) is 1.89. The Balaban J connectivity index is 2.48. The summed E-state index contributed by atoms with van der Waals surface area (Å²) < 4.78 is 0. The summed E-state index contributed by atoms with van der Waals surface area (Å²) in [7, 11) is -1.16. The molecule has 0 bridgehead atoms. The van der Waals surface area contributed by atoms with Gasteiger partial charge in [-0.15, -0.1) is 0 Å². The zero-order valence-corrected chi connectivity index (χ0v) is 6.30. The fraction of sp³-hybridized carbons (Fsp3) is 1.00. The Labute approximate surface area is 61.6 Å². The average molecular weight is 143 g/mol. The van der Waals surface area contributed by atoms with E-state index >= 15 is 0 Å². The third kappa shape index (κ3) is 1.51. The molecule has 0 aromatic carbocycles. The van der Waals surface area contributed by atoms with Gasteiger partial charge < -0.3 is 15.4 Å². The third-order valence-electron chi connectivity index (χ3n) is 2.37. The molecule has 1 aliphatic heterocycles. The second-order valence-corrected chi connectivity index (χ2v) is 3.28. The minimum atomic E-state index is -1.16. The van der Waals surface area contributed by atoms with E-state index in [4.69, 9.17) is 10.0 Å². The van der Waals surface area contributed by atoms with Crippen molar-refractivity contribution in [1.29, 1.82) is 0 Å². The SMILES string of the molecule is CC1(B(O)O)CCNCC1. The Morgan fingerprint density at radius 2 is 1.80 bits per heavy atom. The molecular weight excluding hydrogens is 129 g/mol. The van der Waals surface area contributed by atoms with E-state index < -0.39 is 7.12 Å². The van der Waals surface area contributed by atoms with Crippen LogP contribution in [0.15, 0.2) is 0 Å². The van der Waals surface area contributed by atoms with Crippen molar-refractivity contribution in [3.8, 4) is 0 Å². The molecule has 0 unspecified atom stereocenters. The van der Waals surface area contributed by atoms with E-state index in [1.165, 1.54) is 0 Å². The molecule has 10 heavy (non-hydrogen) atoms. The highest BCUT2D eigenvalue weighted by molar-refractivity contribution is 6.45. The van der Waals surface area contributed by atoms with Gasteiger partial charge in [-0.05, 0) is 25.9 Å². The summed E-state index contributed by atoms with van der Waals surface area (Å²) in [6, 6.07) is 0. The molecule has 1 saturated heterocycles. The highest BCUT2D eigenvalue weighted by atomic mass is 16.4.